The minimum atomic E-state index is -1.19. The quantitative estimate of drug-likeness (QED) is 0.674. The molecule has 7 heteroatoms. The van der Waals surface area contributed by atoms with Crippen LogP contribution in [0.1, 0.15) is 0 Å². The van der Waals surface area contributed by atoms with Crippen LogP contribution in [-0.4, -0.2) is 9.97 Å². The molecule has 0 aliphatic heterocycles. The number of imidazole rings is 1. The van der Waals surface area contributed by atoms with E-state index in [1.54, 1.807) is 0 Å². The number of aromatic amines is 1. The number of fused-ring (bicyclic) bond motifs is 1. The summed E-state index contributed by atoms with van der Waals surface area (Å²) in [4.78, 5) is 6.08. The number of halogens is 5. The molecule has 0 unspecified atom stereocenters. The van der Waals surface area contributed by atoms with Gasteiger partial charge in [-0.05, 0) is 6.07 Å². The summed E-state index contributed by atoms with van der Waals surface area (Å²) >= 11 is 0. The van der Waals surface area contributed by atoms with Crippen LogP contribution < -0.4 is 0 Å². The first-order valence-corrected chi connectivity index (χ1v) is 5.45. The van der Waals surface area contributed by atoms with Crippen LogP contribution in [0, 0.1) is 29.1 Å². The molecule has 0 atom stereocenters. The average Bonchev–Trinajstić information content (AvgIpc) is 2.71. The van der Waals surface area contributed by atoms with Gasteiger partial charge >= 0.3 is 0 Å². The van der Waals surface area contributed by atoms with E-state index >= 15 is 0 Å². The first-order chi connectivity index (χ1) is 9.45. The molecule has 20 heavy (non-hydrogen) atoms. The summed E-state index contributed by atoms with van der Waals surface area (Å²) in [5.41, 5.74) is -0.951. The molecule has 0 saturated carbocycles. The molecule has 3 aromatic rings. The van der Waals surface area contributed by atoms with Gasteiger partial charge in [-0.1, -0.05) is 0 Å². The lowest BCUT2D eigenvalue weighted by Gasteiger charge is -2.01. The van der Waals surface area contributed by atoms with Gasteiger partial charge in [0.05, 0.1) is 11.1 Å². The van der Waals surface area contributed by atoms with Gasteiger partial charge < -0.3 is 4.98 Å². The lowest BCUT2D eigenvalue weighted by Crippen LogP contribution is -1.93. The molecule has 2 aromatic carbocycles. The van der Waals surface area contributed by atoms with Crippen molar-refractivity contribution in [3.05, 3.63) is 53.4 Å². The van der Waals surface area contributed by atoms with E-state index in [9.17, 15) is 22.0 Å². The van der Waals surface area contributed by atoms with Crippen LogP contribution in [-0.2, 0) is 0 Å². The lowest BCUT2D eigenvalue weighted by molar-refractivity contribution is 0.547. The van der Waals surface area contributed by atoms with Crippen LogP contribution in [0.2, 0.25) is 0 Å². The zero-order valence-electron chi connectivity index (χ0n) is 9.65. The van der Waals surface area contributed by atoms with E-state index in [1.165, 1.54) is 0 Å². The van der Waals surface area contributed by atoms with Crippen LogP contribution in [0.3, 0.4) is 0 Å². The van der Waals surface area contributed by atoms with Crippen molar-refractivity contribution >= 4 is 11.0 Å². The molecule has 2 nitrogen and oxygen atoms in total. The molecule has 0 saturated heterocycles. The predicted octanol–water partition coefficient (Wildman–Crippen LogP) is 3.93. The van der Waals surface area contributed by atoms with Crippen molar-refractivity contribution in [2.45, 2.75) is 0 Å². The topological polar surface area (TPSA) is 28.7 Å². The normalized spacial score (nSPS) is 11.2. The van der Waals surface area contributed by atoms with E-state index in [0.29, 0.717) is 18.2 Å². The van der Waals surface area contributed by atoms with E-state index < -0.39 is 34.6 Å². The first kappa shape index (κ1) is 12.6. The third-order valence-electron chi connectivity index (χ3n) is 2.75. The molecule has 1 N–H and O–H groups in total. The van der Waals surface area contributed by atoms with Gasteiger partial charge in [0, 0.05) is 18.2 Å². The van der Waals surface area contributed by atoms with E-state index in [4.69, 9.17) is 0 Å². The van der Waals surface area contributed by atoms with Crippen LogP contribution in [0.4, 0.5) is 22.0 Å². The van der Waals surface area contributed by atoms with Gasteiger partial charge in [0.25, 0.3) is 0 Å². The highest BCUT2D eigenvalue weighted by molar-refractivity contribution is 5.80. The fourth-order valence-electron chi connectivity index (χ4n) is 1.93. The Morgan fingerprint density at radius 2 is 1.30 bits per heavy atom. The summed E-state index contributed by atoms with van der Waals surface area (Å²) in [5, 5.41) is 0. The zero-order valence-corrected chi connectivity index (χ0v) is 9.65. The van der Waals surface area contributed by atoms with Crippen molar-refractivity contribution < 1.29 is 22.0 Å². The van der Waals surface area contributed by atoms with Crippen LogP contribution in [0.25, 0.3) is 22.4 Å². The zero-order chi connectivity index (χ0) is 14.4. The second kappa shape index (κ2) is 4.29. The molecule has 1 aromatic heterocycles. The Kier molecular flexibility index (Phi) is 2.70. The number of H-pyrrole nitrogens is 1. The van der Waals surface area contributed by atoms with Crippen molar-refractivity contribution in [1.82, 2.24) is 9.97 Å². The summed E-state index contributed by atoms with van der Waals surface area (Å²) in [6.45, 7) is 0. The summed E-state index contributed by atoms with van der Waals surface area (Å²) in [6, 6.07) is 2.49. The molecule has 0 radical (unpaired) electrons. The number of benzene rings is 2. The summed E-state index contributed by atoms with van der Waals surface area (Å²) < 4.78 is 66.5. The largest absolute Gasteiger partial charge is 0.338 e. The monoisotopic (exact) mass is 284 g/mol. The third kappa shape index (κ3) is 1.91. The second-order valence-corrected chi connectivity index (χ2v) is 4.11. The maximum Gasteiger partial charge on any atom is 0.153 e. The number of aromatic nitrogens is 2. The first-order valence-electron chi connectivity index (χ1n) is 5.45. The fourth-order valence-corrected chi connectivity index (χ4v) is 1.93. The second-order valence-electron chi connectivity index (χ2n) is 4.11. The molecule has 0 amide bonds. The van der Waals surface area contributed by atoms with Crippen molar-refractivity contribution in [3.8, 4) is 11.4 Å². The van der Waals surface area contributed by atoms with Gasteiger partial charge in [0.15, 0.2) is 5.82 Å². The smallest absolute Gasteiger partial charge is 0.153 e. The Hall–Kier alpha value is -2.44. The SMILES string of the molecule is Fc1cc(F)c(-c2nc3c(F)cc(F)cc3[nH]2)c(F)c1. The maximum atomic E-state index is 13.6. The van der Waals surface area contributed by atoms with Gasteiger partial charge in [-0.15, -0.1) is 0 Å². The number of nitrogens with one attached hydrogen (secondary N) is 1. The molecule has 0 aliphatic carbocycles. The third-order valence-corrected chi connectivity index (χ3v) is 2.75. The van der Waals surface area contributed by atoms with Crippen LogP contribution in [0.5, 0.6) is 0 Å². The van der Waals surface area contributed by atoms with Crippen LogP contribution in [0.15, 0.2) is 24.3 Å². The van der Waals surface area contributed by atoms with Crippen molar-refractivity contribution in [2.75, 3.05) is 0 Å². The van der Waals surface area contributed by atoms with E-state index in [0.717, 1.165) is 6.07 Å². The summed E-state index contributed by atoms with van der Waals surface area (Å²) in [6.07, 6.45) is 0. The Bertz CT molecular complexity index is 802. The number of hydrogen-bond donors (Lipinski definition) is 1. The number of nitrogens with zero attached hydrogens (tertiary/aromatic N) is 1. The van der Waals surface area contributed by atoms with Gasteiger partial charge in [0.2, 0.25) is 0 Å². The van der Waals surface area contributed by atoms with Gasteiger partial charge in [-0.25, -0.2) is 26.9 Å². The highest BCUT2D eigenvalue weighted by Crippen LogP contribution is 2.28. The fraction of sp³-hybridized carbons (Fsp3) is 0. The van der Waals surface area contributed by atoms with Crippen molar-refractivity contribution in [1.29, 1.82) is 0 Å². The van der Waals surface area contributed by atoms with Gasteiger partial charge in [0.1, 0.15) is 34.6 Å². The molecular weight excluding hydrogens is 279 g/mol. The molecule has 3 rings (SSSR count). The summed E-state index contributed by atoms with van der Waals surface area (Å²) in [5.74, 6) is -5.64. The average molecular weight is 284 g/mol. The molecule has 0 spiro atoms. The Morgan fingerprint density at radius 3 is 1.95 bits per heavy atom. The lowest BCUT2D eigenvalue weighted by atomic mass is 10.2. The van der Waals surface area contributed by atoms with E-state index in [1.807, 2.05) is 0 Å². The molecule has 1 heterocycles. The minimum absolute atomic E-state index is 0.0550. The van der Waals surface area contributed by atoms with Gasteiger partial charge in [-0.2, -0.15) is 0 Å². The number of hydrogen-bond acceptors (Lipinski definition) is 1. The molecule has 0 fully saturated rings. The predicted molar refractivity (Wildman–Crippen MR) is 61.3 cm³/mol. The van der Waals surface area contributed by atoms with Crippen molar-refractivity contribution in [2.24, 2.45) is 0 Å². The highest BCUT2D eigenvalue weighted by atomic mass is 19.2. The minimum Gasteiger partial charge on any atom is -0.338 e. The van der Waals surface area contributed by atoms with E-state index in [2.05, 4.69) is 9.97 Å². The molecule has 0 bridgehead atoms. The van der Waals surface area contributed by atoms with Crippen LogP contribution >= 0.6 is 0 Å². The van der Waals surface area contributed by atoms with Gasteiger partial charge in [-0.3, -0.25) is 0 Å². The molecule has 102 valence electrons. The Labute approximate surface area is 108 Å². The Morgan fingerprint density at radius 1 is 0.750 bits per heavy atom. The summed E-state index contributed by atoms with van der Waals surface area (Å²) in [7, 11) is 0. The Balaban J connectivity index is 2.28. The molecular formula is C13H5F5N2. The molecule has 0 aliphatic rings. The standard InChI is InChI=1S/C13H5F5N2/c14-5-1-7(16)11(8(17)2-5)13-19-10-4-6(15)3-9(18)12(10)20-13/h1-4H,(H,19,20). The highest BCUT2D eigenvalue weighted by Gasteiger charge is 2.18. The number of rotatable bonds is 1. The maximum absolute atomic E-state index is 13.6. The van der Waals surface area contributed by atoms with Crippen molar-refractivity contribution in [3.63, 3.8) is 0 Å². The van der Waals surface area contributed by atoms with E-state index in [-0.39, 0.29) is 16.9 Å².